The molecule has 0 spiro atoms. The number of fused-ring (bicyclic) bond motifs is 1. The van der Waals surface area contributed by atoms with Crippen molar-refractivity contribution in [3.05, 3.63) is 88.0 Å². The first kappa shape index (κ1) is 27.0. The molecule has 8 nitrogen and oxygen atoms in total. The zero-order valence-corrected chi connectivity index (χ0v) is 21.5. The number of carbonyl (C=O) groups excluding carboxylic acids is 1. The fraction of sp³-hybridized carbons (Fsp3) is 0.231. The van der Waals surface area contributed by atoms with Crippen molar-refractivity contribution < 1.29 is 26.4 Å². The molecule has 0 saturated heterocycles. The summed E-state index contributed by atoms with van der Waals surface area (Å²) in [7, 11) is -3.51. The number of rotatable bonds is 6. The molecule has 4 aromatic rings. The predicted octanol–water partition coefficient (Wildman–Crippen LogP) is 4.17. The maximum Gasteiger partial charge on any atom is 0.416 e. The molecule has 1 amide bonds. The van der Waals surface area contributed by atoms with Gasteiger partial charge >= 0.3 is 6.18 Å². The van der Waals surface area contributed by atoms with Gasteiger partial charge in [0.15, 0.2) is 9.84 Å². The van der Waals surface area contributed by atoms with Gasteiger partial charge in [-0.25, -0.2) is 13.4 Å². The second kappa shape index (κ2) is 10.0. The van der Waals surface area contributed by atoms with Crippen LogP contribution in [0.2, 0.25) is 0 Å². The van der Waals surface area contributed by atoms with E-state index < -0.39 is 34.0 Å². The Bertz CT molecular complexity index is 1670. The summed E-state index contributed by atoms with van der Waals surface area (Å²) in [5.74, 6) is -0.856. The van der Waals surface area contributed by atoms with Gasteiger partial charge in [0, 0.05) is 53.3 Å². The zero-order chi connectivity index (χ0) is 27.8. The highest BCUT2D eigenvalue weighted by Gasteiger charge is 2.35. The van der Waals surface area contributed by atoms with E-state index in [1.807, 2.05) is 13.0 Å². The predicted molar refractivity (Wildman–Crippen MR) is 136 cm³/mol. The Morgan fingerprint density at radius 2 is 1.82 bits per heavy atom. The molecule has 0 bridgehead atoms. The number of sulfone groups is 1. The van der Waals surface area contributed by atoms with Crippen LogP contribution in [0.15, 0.2) is 53.6 Å². The molecule has 3 heterocycles. The normalized spacial score (nSPS) is 12.1. The van der Waals surface area contributed by atoms with Crippen LogP contribution in [0.5, 0.6) is 0 Å². The van der Waals surface area contributed by atoms with Crippen LogP contribution >= 0.6 is 0 Å². The summed E-state index contributed by atoms with van der Waals surface area (Å²) < 4.78 is 64.9. The minimum Gasteiger partial charge on any atom is -0.384 e. The molecule has 0 aliphatic rings. The first-order valence-electron chi connectivity index (χ1n) is 11.4. The highest BCUT2D eigenvalue weighted by molar-refractivity contribution is 7.91. The van der Waals surface area contributed by atoms with E-state index in [0.717, 1.165) is 17.9 Å². The minimum atomic E-state index is -4.66. The van der Waals surface area contributed by atoms with Crippen molar-refractivity contribution in [3.8, 4) is 0 Å². The number of pyridine rings is 3. The second-order valence-corrected chi connectivity index (χ2v) is 10.9. The largest absolute Gasteiger partial charge is 0.416 e. The molecule has 0 saturated carbocycles. The van der Waals surface area contributed by atoms with Gasteiger partial charge in [0.1, 0.15) is 5.82 Å². The van der Waals surface area contributed by atoms with E-state index in [0.29, 0.717) is 22.3 Å². The van der Waals surface area contributed by atoms with Gasteiger partial charge in [0.2, 0.25) is 0 Å². The molecule has 0 fully saturated rings. The number of nitrogens with zero attached hydrogens (tertiary/aromatic N) is 3. The van der Waals surface area contributed by atoms with Crippen molar-refractivity contribution in [2.45, 2.75) is 37.9 Å². The number of aromatic nitrogens is 3. The number of nitrogen functional groups attached to an aromatic ring is 1. The number of alkyl halides is 3. The van der Waals surface area contributed by atoms with Gasteiger partial charge < -0.3 is 11.1 Å². The number of nitrogens with one attached hydrogen (secondary N) is 1. The number of aryl methyl sites for hydroxylation is 2. The number of amides is 1. The van der Waals surface area contributed by atoms with E-state index in [4.69, 9.17) is 5.73 Å². The smallest absolute Gasteiger partial charge is 0.384 e. The minimum absolute atomic E-state index is 0.0689. The Kier molecular flexibility index (Phi) is 7.11. The van der Waals surface area contributed by atoms with Crippen molar-refractivity contribution in [2.75, 3.05) is 12.0 Å². The monoisotopic (exact) mass is 543 g/mol. The summed E-state index contributed by atoms with van der Waals surface area (Å²) in [6, 6.07) is 10.5. The molecule has 0 aliphatic heterocycles. The van der Waals surface area contributed by atoms with E-state index in [-0.39, 0.29) is 34.0 Å². The maximum absolute atomic E-state index is 13.5. The lowest BCUT2D eigenvalue weighted by Crippen LogP contribution is -2.26. The third-order valence-corrected chi connectivity index (χ3v) is 7.14. The third-order valence-electron chi connectivity index (χ3n) is 6.01. The van der Waals surface area contributed by atoms with Crippen LogP contribution in [0.4, 0.5) is 19.0 Å². The van der Waals surface area contributed by atoms with Crippen molar-refractivity contribution in [3.63, 3.8) is 0 Å². The SMILES string of the molecule is Cc1cc2cccc(S(C)(=O)=O)c2nc1Cc1cc(C(=O)NCc2c(C(F)(F)F)cc(N)nc2C)ccn1. The second-order valence-electron chi connectivity index (χ2n) is 8.90. The van der Waals surface area contributed by atoms with Crippen molar-refractivity contribution in [1.82, 2.24) is 20.3 Å². The fourth-order valence-corrected chi connectivity index (χ4v) is 4.99. The lowest BCUT2D eigenvalue weighted by Gasteiger charge is -2.16. The van der Waals surface area contributed by atoms with Gasteiger partial charge in [-0.2, -0.15) is 13.2 Å². The molecular weight excluding hydrogens is 519 g/mol. The lowest BCUT2D eigenvalue weighted by molar-refractivity contribution is -0.138. The van der Waals surface area contributed by atoms with Gasteiger partial charge in [0.05, 0.1) is 21.7 Å². The molecule has 0 aliphatic carbocycles. The van der Waals surface area contributed by atoms with Crippen LogP contribution < -0.4 is 11.1 Å². The first-order chi connectivity index (χ1) is 17.7. The molecule has 1 aromatic carbocycles. The molecule has 3 aromatic heterocycles. The van der Waals surface area contributed by atoms with Crippen molar-refractivity contribution >= 4 is 32.5 Å². The van der Waals surface area contributed by atoms with Gasteiger partial charge in [-0.1, -0.05) is 12.1 Å². The van der Waals surface area contributed by atoms with Crippen molar-refractivity contribution in [2.24, 2.45) is 0 Å². The van der Waals surface area contributed by atoms with E-state index in [2.05, 4.69) is 20.3 Å². The number of nitrogens with two attached hydrogens (primary N) is 1. The summed E-state index contributed by atoms with van der Waals surface area (Å²) in [5, 5.41) is 3.19. The number of hydrogen-bond acceptors (Lipinski definition) is 7. The topological polar surface area (TPSA) is 128 Å². The Balaban J connectivity index is 1.59. The number of carbonyl (C=O) groups is 1. The maximum atomic E-state index is 13.5. The first-order valence-corrected chi connectivity index (χ1v) is 13.3. The molecule has 3 N–H and O–H groups in total. The number of para-hydroxylation sites is 1. The zero-order valence-electron chi connectivity index (χ0n) is 20.7. The Morgan fingerprint density at radius 1 is 1.08 bits per heavy atom. The summed E-state index contributed by atoms with van der Waals surface area (Å²) in [4.78, 5) is 25.7. The van der Waals surface area contributed by atoms with Crippen LogP contribution in [-0.2, 0) is 29.0 Å². The van der Waals surface area contributed by atoms with Crippen LogP contribution in [0.25, 0.3) is 10.9 Å². The Morgan fingerprint density at radius 3 is 2.50 bits per heavy atom. The van der Waals surface area contributed by atoms with Gasteiger partial charge in [-0.15, -0.1) is 0 Å². The molecular formula is C26H24F3N5O3S. The summed E-state index contributed by atoms with van der Waals surface area (Å²) in [5.41, 5.74) is 6.83. The van der Waals surface area contributed by atoms with Gasteiger partial charge in [-0.3, -0.25) is 14.8 Å². The van der Waals surface area contributed by atoms with E-state index in [1.165, 1.54) is 31.3 Å². The number of hydrogen-bond donors (Lipinski definition) is 2. The highest BCUT2D eigenvalue weighted by atomic mass is 32.2. The standard InChI is InChI=1S/C26H24F3N5O3S/c1-14-9-16-5-4-6-22(38(3,36)37)24(16)34-21(14)11-18-10-17(7-8-31-18)25(35)32-13-19-15(2)33-23(30)12-20(19)26(27,28)29/h4-10,12H,11,13H2,1-3H3,(H2,30,33)(H,32,35). The fourth-order valence-electron chi connectivity index (χ4n) is 4.15. The number of benzene rings is 1. The number of halogens is 3. The van der Waals surface area contributed by atoms with Crippen LogP contribution in [0.1, 0.15) is 44.1 Å². The van der Waals surface area contributed by atoms with Gasteiger partial charge in [0.25, 0.3) is 5.91 Å². The Hall–Kier alpha value is -4.06. The van der Waals surface area contributed by atoms with Crippen LogP contribution in [0.3, 0.4) is 0 Å². The molecule has 0 unspecified atom stereocenters. The molecule has 38 heavy (non-hydrogen) atoms. The Labute approximate surface area is 217 Å². The molecule has 0 atom stereocenters. The molecule has 0 radical (unpaired) electrons. The van der Waals surface area contributed by atoms with Gasteiger partial charge in [-0.05, 0) is 49.7 Å². The van der Waals surface area contributed by atoms with E-state index in [1.54, 1.807) is 12.1 Å². The van der Waals surface area contributed by atoms with E-state index >= 15 is 0 Å². The number of anilines is 1. The molecule has 198 valence electrons. The molecule has 12 heteroatoms. The van der Waals surface area contributed by atoms with Crippen LogP contribution in [-0.4, -0.2) is 35.5 Å². The summed E-state index contributed by atoms with van der Waals surface area (Å²) in [6.45, 7) is 2.84. The van der Waals surface area contributed by atoms with E-state index in [9.17, 15) is 26.4 Å². The molecule has 4 rings (SSSR count). The van der Waals surface area contributed by atoms with Crippen molar-refractivity contribution in [1.29, 1.82) is 0 Å². The average Bonchev–Trinajstić information content (AvgIpc) is 2.82. The quantitative estimate of drug-likeness (QED) is 0.374. The van der Waals surface area contributed by atoms with Crippen LogP contribution in [0, 0.1) is 13.8 Å². The average molecular weight is 544 g/mol. The lowest BCUT2D eigenvalue weighted by atomic mass is 10.0. The third kappa shape index (κ3) is 5.75. The highest BCUT2D eigenvalue weighted by Crippen LogP contribution is 2.34. The summed E-state index contributed by atoms with van der Waals surface area (Å²) in [6.07, 6.45) is -1.92. The summed E-state index contributed by atoms with van der Waals surface area (Å²) >= 11 is 0.